The van der Waals surface area contributed by atoms with E-state index in [1.165, 1.54) is 0 Å². The molecule has 1 aliphatic heterocycles. The molecule has 1 atom stereocenters. The van der Waals surface area contributed by atoms with Crippen LogP contribution < -0.4 is 20.1 Å². The van der Waals surface area contributed by atoms with E-state index < -0.39 is 0 Å². The number of hydrogen-bond acceptors (Lipinski definition) is 4. The summed E-state index contributed by atoms with van der Waals surface area (Å²) >= 11 is 6.05. The molecule has 0 aliphatic carbocycles. The molecular weight excluding hydrogens is 404 g/mol. The molecule has 0 saturated heterocycles. The van der Waals surface area contributed by atoms with E-state index in [0.29, 0.717) is 46.5 Å². The predicted molar refractivity (Wildman–Crippen MR) is 115 cm³/mol. The van der Waals surface area contributed by atoms with Crippen LogP contribution in [0.25, 0.3) is 0 Å². The largest absolute Gasteiger partial charge is 0.486 e. The van der Waals surface area contributed by atoms with Crippen LogP contribution in [0.2, 0.25) is 5.02 Å². The summed E-state index contributed by atoms with van der Waals surface area (Å²) in [6.07, 6.45) is -0.266. The van der Waals surface area contributed by atoms with Crippen molar-refractivity contribution in [3.05, 3.63) is 88.9 Å². The summed E-state index contributed by atoms with van der Waals surface area (Å²) in [4.78, 5) is 24.7. The molecule has 0 saturated carbocycles. The molecule has 4 rings (SSSR count). The fourth-order valence-electron chi connectivity index (χ4n) is 3.02. The quantitative estimate of drug-likeness (QED) is 0.647. The molecule has 3 aromatic carbocycles. The van der Waals surface area contributed by atoms with Crippen molar-refractivity contribution in [1.82, 2.24) is 5.32 Å². The van der Waals surface area contributed by atoms with E-state index in [4.69, 9.17) is 21.1 Å². The highest BCUT2D eigenvalue weighted by Crippen LogP contribution is 2.30. The number of carbonyl (C=O) groups is 2. The fourth-order valence-corrected chi connectivity index (χ4v) is 3.24. The number of rotatable bonds is 5. The van der Waals surface area contributed by atoms with Gasteiger partial charge in [-0.25, -0.2) is 0 Å². The second-order valence-corrected chi connectivity index (χ2v) is 7.13. The maximum Gasteiger partial charge on any atom is 0.257 e. The molecule has 2 amide bonds. The minimum absolute atomic E-state index is 0.235. The van der Waals surface area contributed by atoms with Crippen LogP contribution in [0.5, 0.6) is 11.5 Å². The van der Waals surface area contributed by atoms with E-state index in [1.54, 1.807) is 48.5 Å². The van der Waals surface area contributed by atoms with E-state index >= 15 is 0 Å². The van der Waals surface area contributed by atoms with Crippen molar-refractivity contribution in [3.63, 3.8) is 0 Å². The molecule has 2 N–H and O–H groups in total. The summed E-state index contributed by atoms with van der Waals surface area (Å²) in [5.41, 5.74) is 1.43. The molecular formula is C23H19ClN2O4. The summed E-state index contributed by atoms with van der Waals surface area (Å²) in [5.74, 6) is 0.824. The Balaban J connectivity index is 1.31. The summed E-state index contributed by atoms with van der Waals surface area (Å²) in [6, 6.07) is 20.9. The normalized spacial score (nSPS) is 14.6. The number of anilines is 1. The zero-order valence-corrected chi connectivity index (χ0v) is 16.7. The van der Waals surface area contributed by atoms with E-state index in [2.05, 4.69) is 10.6 Å². The van der Waals surface area contributed by atoms with Gasteiger partial charge in [-0.1, -0.05) is 35.9 Å². The zero-order chi connectivity index (χ0) is 20.9. The summed E-state index contributed by atoms with van der Waals surface area (Å²) in [6.45, 7) is 0.683. The second-order valence-electron chi connectivity index (χ2n) is 6.72. The van der Waals surface area contributed by atoms with Crippen molar-refractivity contribution >= 4 is 29.1 Å². The van der Waals surface area contributed by atoms with Gasteiger partial charge in [-0.2, -0.15) is 0 Å². The lowest BCUT2D eigenvalue weighted by atomic mass is 10.1. The standard InChI is InChI=1S/C23H19ClN2O4/c24-19-6-2-1-5-18(19)23(28)26-16-11-9-15(10-12-16)22(27)25-13-17-14-29-20-7-3-4-8-21(20)30-17/h1-12,17H,13-14H2,(H,25,27)(H,26,28). The Kier molecular flexibility index (Phi) is 5.86. The number of halogens is 1. The topological polar surface area (TPSA) is 76.7 Å². The molecule has 1 aliphatic rings. The fraction of sp³-hybridized carbons (Fsp3) is 0.130. The van der Waals surface area contributed by atoms with Gasteiger partial charge in [-0.15, -0.1) is 0 Å². The molecule has 3 aromatic rings. The minimum atomic E-state index is -0.312. The van der Waals surface area contributed by atoms with Crippen LogP contribution >= 0.6 is 11.6 Å². The first-order valence-corrected chi connectivity index (χ1v) is 9.80. The second kappa shape index (κ2) is 8.88. The van der Waals surface area contributed by atoms with Gasteiger partial charge in [0, 0.05) is 11.3 Å². The Hall–Kier alpha value is -3.51. The molecule has 0 fully saturated rings. The van der Waals surface area contributed by atoms with E-state index in [1.807, 2.05) is 24.3 Å². The van der Waals surface area contributed by atoms with Crippen molar-refractivity contribution in [1.29, 1.82) is 0 Å². The Morgan fingerprint density at radius 3 is 2.37 bits per heavy atom. The van der Waals surface area contributed by atoms with Crippen LogP contribution in [-0.2, 0) is 0 Å². The van der Waals surface area contributed by atoms with Gasteiger partial charge in [-0.3, -0.25) is 9.59 Å². The van der Waals surface area contributed by atoms with Crippen molar-refractivity contribution in [2.24, 2.45) is 0 Å². The van der Waals surface area contributed by atoms with Gasteiger partial charge in [0.1, 0.15) is 12.7 Å². The van der Waals surface area contributed by atoms with Gasteiger partial charge >= 0.3 is 0 Å². The first kappa shape index (κ1) is 19.8. The van der Waals surface area contributed by atoms with Crippen molar-refractivity contribution in [3.8, 4) is 11.5 Å². The molecule has 7 heteroatoms. The van der Waals surface area contributed by atoms with Crippen LogP contribution in [0.3, 0.4) is 0 Å². The molecule has 0 spiro atoms. The lowest BCUT2D eigenvalue weighted by Gasteiger charge is -2.26. The van der Waals surface area contributed by atoms with Crippen LogP contribution in [0, 0.1) is 0 Å². The first-order chi connectivity index (χ1) is 14.6. The molecule has 1 unspecified atom stereocenters. The number of para-hydroxylation sites is 2. The van der Waals surface area contributed by atoms with Crippen LogP contribution in [0.1, 0.15) is 20.7 Å². The van der Waals surface area contributed by atoms with Gasteiger partial charge in [0.05, 0.1) is 17.1 Å². The molecule has 30 heavy (non-hydrogen) atoms. The lowest BCUT2D eigenvalue weighted by Crippen LogP contribution is -2.40. The molecule has 0 bridgehead atoms. The maximum atomic E-state index is 12.4. The van der Waals surface area contributed by atoms with Crippen LogP contribution in [0.15, 0.2) is 72.8 Å². The average molecular weight is 423 g/mol. The average Bonchev–Trinajstić information content (AvgIpc) is 2.78. The molecule has 1 heterocycles. The van der Waals surface area contributed by atoms with Gasteiger partial charge in [0.15, 0.2) is 11.5 Å². The number of hydrogen-bond donors (Lipinski definition) is 2. The highest BCUT2D eigenvalue weighted by molar-refractivity contribution is 6.34. The van der Waals surface area contributed by atoms with Gasteiger partial charge in [-0.05, 0) is 48.5 Å². The summed E-state index contributed by atoms with van der Waals surface area (Å²) in [5, 5.41) is 5.99. The highest BCUT2D eigenvalue weighted by atomic mass is 35.5. The van der Waals surface area contributed by atoms with Gasteiger partial charge < -0.3 is 20.1 Å². The number of carbonyl (C=O) groups excluding carboxylic acids is 2. The molecule has 0 aromatic heterocycles. The third-order valence-corrected chi connectivity index (χ3v) is 4.91. The van der Waals surface area contributed by atoms with E-state index in [9.17, 15) is 9.59 Å². The highest BCUT2D eigenvalue weighted by Gasteiger charge is 2.21. The third-order valence-electron chi connectivity index (χ3n) is 4.58. The minimum Gasteiger partial charge on any atom is -0.486 e. The third kappa shape index (κ3) is 4.55. The Labute approximate surface area is 178 Å². The number of benzene rings is 3. The zero-order valence-electron chi connectivity index (χ0n) is 15.9. The Morgan fingerprint density at radius 2 is 1.60 bits per heavy atom. The molecule has 152 valence electrons. The Bertz CT molecular complexity index is 1070. The number of fused-ring (bicyclic) bond motifs is 1. The van der Waals surface area contributed by atoms with Gasteiger partial charge in [0.2, 0.25) is 0 Å². The van der Waals surface area contributed by atoms with Crippen molar-refractivity contribution in [2.75, 3.05) is 18.5 Å². The first-order valence-electron chi connectivity index (χ1n) is 9.43. The monoisotopic (exact) mass is 422 g/mol. The van der Waals surface area contributed by atoms with Crippen molar-refractivity contribution in [2.45, 2.75) is 6.10 Å². The number of nitrogens with one attached hydrogen (secondary N) is 2. The van der Waals surface area contributed by atoms with E-state index in [-0.39, 0.29) is 17.9 Å². The lowest BCUT2D eigenvalue weighted by molar-refractivity contribution is 0.0789. The van der Waals surface area contributed by atoms with Crippen LogP contribution in [-0.4, -0.2) is 31.1 Å². The van der Waals surface area contributed by atoms with E-state index in [0.717, 1.165) is 0 Å². The van der Waals surface area contributed by atoms with Crippen molar-refractivity contribution < 1.29 is 19.1 Å². The SMILES string of the molecule is O=C(NCC1COc2ccccc2O1)c1ccc(NC(=O)c2ccccc2Cl)cc1. The van der Waals surface area contributed by atoms with Crippen LogP contribution in [0.4, 0.5) is 5.69 Å². The Morgan fingerprint density at radius 1 is 0.900 bits per heavy atom. The smallest absolute Gasteiger partial charge is 0.257 e. The molecule has 0 radical (unpaired) electrons. The predicted octanol–water partition coefficient (Wildman–Crippen LogP) is 4.16. The summed E-state index contributed by atoms with van der Waals surface area (Å²) < 4.78 is 11.5. The van der Waals surface area contributed by atoms with Gasteiger partial charge in [0.25, 0.3) is 11.8 Å². The number of amides is 2. The maximum absolute atomic E-state index is 12.4. The molecule has 6 nitrogen and oxygen atoms in total. The summed E-state index contributed by atoms with van der Waals surface area (Å²) in [7, 11) is 0. The number of ether oxygens (including phenoxy) is 2.